The van der Waals surface area contributed by atoms with E-state index in [4.69, 9.17) is 14.2 Å². The van der Waals surface area contributed by atoms with Crippen LogP contribution < -0.4 is 11.2 Å². The molecule has 0 saturated carbocycles. The number of carbonyl (C=O) groups excluding carboxylic acids is 2. The molecule has 2 aromatic rings. The summed E-state index contributed by atoms with van der Waals surface area (Å²) in [6.07, 6.45) is -0.306. The van der Waals surface area contributed by atoms with E-state index in [-0.39, 0.29) is 31.0 Å². The number of hydrogen-bond donors (Lipinski definition) is 2. The molecule has 168 valence electrons. The van der Waals surface area contributed by atoms with Gasteiger partial charge in [0.15, 0.2) is 5.69 Å². The lowest BCUT2D eigenvalue weighted by molar-refractivity contribution is -0.0326. The normalized spacial score (nSPS) is 20.6. The summed E-state index contributed by atoms with van der Waals surface area (Å²) in [5.74, 6) is -1.69. The zero-order chi connectivity index (χ0) is 22.7. The molecular formula is C18H23N5O8. The highest BCUT2D eigenvalue weighted by molar-refractivity contribution is 6.00. The highest BCUT2D eigenvalue weighted by Gasteiger charge is 2.42. The van der Waals surface area contributed by atoms with Crippen LogP contribution in [0.1, 0.15) is 59.1 Å². The van der Waals surface area contributed by atoms with Crippen LogP contribution >= 0.6 is 0 Å². The van der Waals surface area contributed by atoms with Crippen molar-refractivity contribution in [3.63, 3.8) is 0 Å². The van der Waals surface area contributed by atoms with Gasteiger partial charge >= 0.3 is 17.6 Å². The fourth-order valence-electron chi connectivity index (χ4n) is 3.36. The summed E-state index contributed by atoms with van der Waals surface area (Å²) in [6.45, 7) is 4.39. The Morgan fingerprint density at radius 2 is 1.94 bits per heavy atom. The van der Waals surface area contributed by atoms with Crippen molar-refractivity contribution in [1.29, 1.82) is 0 Å². The molecule has 2 N–H and O–H groups in total. The average Bonchev–Trinajstić information content (AvgIpc) is 3.35. The third-order valence-corrected chi connectivity index (χ3v) is 4.79. The molecule has 3 atom stereocenters. The number of nitrogens with zero attached hydrogens (tertiary/aromatic N) is 4. The predicted octanol–water partition coefficient (Wildman–Crippen LogP) is -0.689. The van der Waals surface area contributed by atoms with E-state index in [1.54, 1.807) is 13.8 Å². The van der Waals surface area contributed by atoms with Crippen LogP contribution in [0.5, 0.6) is 0 Å². The molecule has 0 aromatic carbocycles. The second-order valence-corrected chi connectivity index (χ2v) is 6.77. The van der Waals surface area contributed by atoms with Crippen LogP contribution in [0, 0.1) is 6.92 Å². The SMILES string of the molecule is CCOC(=O)c1nnn([C@H]2C[C@H](n3cc(C)c(=O)[nH]c3=O)O[C@@H]2CO)c1C(=O)OCC. The van der Waals surface area contributed by atoms with Crippen molar-refractivity contribution in [1.82, 2.24) is 24.5 Å². The van der Waals surface area contributed by atoms with E-state index in [1.165, 1.54) is 17.7 Å². The number of aryl methyl sites for hydroxylation is 1. The van der Waals surface area contributed by atoms with E-state index in [1.807, 2.05) is 0 Å². The molecule has 1 aliphatic rings. The Morgan fingerprint density at radius 1 is 1.26 bits per heavy atom. The van der Waals surface area contributed by atoms with Gasteiger partial charge < -0.3 is 19.3 Å². The first-order valence-corrected chi connectivity index (χ1v) is 9.70. The highest BCUT2D eigenvalue weighted by atomic mass is 16.5. The van der Waals surface area contributed by atoms with Crippen molar-refractivity contribution in [2.24, 2.45) is 0 Å². The largest absolute Gasteiger partial charge is 0.461 e. The fourth-order valence-corrected chi connectivity index (χ4v) is 3.36. The van der Waals surface area contributed by atoms with Crippen LogP contribution in [0.2, 0.25) is 0 Å². The molecule has 2 aromatic heterocycles. The number of H-pyrrole nitrogens is 1. The first-order chi connectivity index (χ1) is 14.8. The second-order valence-electron chi connectivity index (χ2n) is 6.77. The number of aliphatic hydroxyl groups is 1. The van der Waals surface area contributed by atoms with Crippen LogP contribution in [0.15, 0.2) is 15.8 Å². The van der Waals surface area contributed by atoms with Gasteiger partial charge in [0.05, 0.1) is 25.9 Å². The van der Waals surface area contributed by atoms with Crippen molar-refractivity contribution in [3.05, 3.63) is 44.0 Å². The summed E-state index contributed by atoms with van der Waals surface area (Å²) in [5, 5.41) is 17.5. The molecule has 3 rings (SSSR count). The number of aromatic nitrogens is 5. The maximum Gasteiger partial charge on any atom is 0.361 e. The number of rotatable bonds is 7. The smallest absolute Gasteiger partial charge is 0.361 e. The number of carbonyl (C=O) groups is 2. The Hall–Kier alpha value is -3.32. The van der Waals surface area contributed by atoms with Gasteiger partial charge in [-0.2, -0.15) is 0 Å². The number of ether oxygens (including phenoxy) is 3. The minimum Gasteiger partial charge on any atom is -0.461 e. The Balaban J connectivity index is 2.02. The van der Waals surface area contributed by atoms with E-state index in [9.17, 15) is 24.3 Å². The first kappa shape index (κ1) is 22.4. The van der Waals surface area contributed by atoms with Gasteiger partial charge in [0.1, 0.15) is 12.3 Å². The maximum atomic E-state index is 12.6. The Labute approximate surface area is 175 Å². The van der Waals surface area contributed by atoms with E-state index in [0.717, 1.165) is 4.68 Å². The lowest BCUT2D eigenvalue weighted by Gasteiger charge is -2.17. The summed E-state index contributed by atoms with van der Waals surface area (Å²) in [5.41, 5.74) is -1.47. The van der Waals surface area contributed by atoms with Crippen LogP contribution in [-0.4, -0.2) is 67.5 Å². The van der Waals surface area contributed by atoms with Crippen LogP contribution in [0.3, 0.4) is 0 Å². The molecule has 31 heavy (non-hydrogen) atoms. The van der Waals surface area contributed by atoms with Crippen molar-refractivity contribution < 1.29 is 28.9 Å². The van der Waals surface area contributed by atoms with Crippen molar-refractivity contribution >= 4 is 11.9 Å². The van der Waals surface area contributed by atoms with Gasteiger partial charge in [-0.1, -0.05) is 5.21 Å². The molecule has 3 heterocycles. The average molecular weight is 437 g/mol. The summed E-state index contributed by atoms with van der Waals surface area (Å²) >= 11 is 0. The van der Waals surface area contributed by atoms with Gasteiger partial charge in [-0.05, 0) is 20.8 Å². The molecule has 13 nitrogen and oxygen atoms in total. The summed E-state index contributed by atoms with van der Waals surface area (Å²) in [6, 6.07) is -0.760. The van der Waals surface area contributed by atoms with Gasteiger partial charge in [0.2, 0.25) is 5.69 Å². The van der Waals surface area contributed by atoms with E-state index in [2.05, 4.69) is 15.3 Å². The molecule has 1 fully saturated rings. The molecule has 13 heteroatoms. The molecule has 1 aliphatic heterocycles. The van der Waals surface area contributed by atoms with Gasteiger partial charge in [0, 0.05) is 18.2 Å². The maximum absolute atomic E-state index is 12.6. The molecule has 0 bridgehead atoms. The van der Waals surface area contributed by atoms with Gasteiger partial charge in [0.25, 0.3) is 5.56 Å². The summed E-state index contributed by atoms with van der Waals surface area (Å²) in [4.78, 5) is 50.9. The van der Waals surface area contributed by atoms with Crippen LogP contribution in [-0.2, 0) is 14.2 Å². The van der Waals surface area contributed by atoms with Gasteiger partial charge in [-0.3, -0.25) is 14.3 Å². The molecule has 0 radical (unpaired) electrons. The minimum atomic E-state index is -0.881. The second kappa shape index (κ2) is 9.22. The zero-order valence-corrected chi connectivity index (χ0v) is 17.2. The molecule has 1 saturated heterocycles. The third kappa shape index (κ3) is 4.27. The number of aliphatic hydroxyl groups excluding tert-OH is 1. The molecule has 0 aliphatic carbocycles. The first-order valence-electron chi connectivity index (χ1n) is 9.70. The zero-order valence-electron chi connectivity index (χ0n) is 17.2. The molecule has 0 spiro atoms. The minimum absolute atomic E-state index is 0.0472. The quantitative estimate of drug-likeness (QED) is 0.529. The molecule has 0 unspecified atom stereocenters. The Kier molecular flexibility index (Phi) is 6.65. The monoisotopic (exact) mass is 437 g/mol. The molecular weight excluding hydrogens is 414 g/mol. The van der Waals surface area contributed by atoms with Gasteiger partial charge in [-0.15, -0.1) is 5.10 Å². The van der Waals surface area contributed by atoms with Crippen LogP contribution in [0.4, 0.5) is 0 Å². The lowest BCUT2D eigenvalue weighted by Crippen LogP contribution is -2.33. The van der Waals surface area contributed by atoms with Crippen molar-refractivity contribution in [3.8, 4) is 0 Å². The third-order valence-electron chi connectivity index (χ3n) is 4.79. The standard InChI is InChI=1S/C18H23N5O8/c1-4-29-16(26)13-14(17(27)30-5-2)23(21-20-13)10-6-12(31-11(10)8-24)22-7-9(3)15(25)19-18(22)28/h7,10-12,24H,4-6,8H2,1-3H3,(H,19,25,28)/t10-,11+,12+/m0/s1. The summed E-state index contributed by atoms with van der Waals surface area (Å²) in [7, 11) is 0. The van der Waals surface area contributed by atoms with Gasteiger partial charge in [-0.25, -0.2) is 19.1 Å². The topological polar surface area (TPSA) is 168 Å². The number of aromatic amines is 1. The van der Waals surface area contributed by atoms with Crippen molar-refractivity contribution in [2.45, 2.75) is 45.6 Å². The van der Waals surface area contributed by atoms with E-state index in [0.29, 0.717) is 5.56 Å². The summed E-state index contributed by atoms with van der Waals surface area (Å²) < 4.78 is 18.1. The Morgan fingerprint density at radius 3 is 2.58 bits per heavy atom. The fraction of sp³-hybridized carbons (Fsp3) is 0.556. The van der Waals surface area contributed by atoms with E-state index < -0.39 is 48.2 Å². The van der Waals surface area contributed by atoms with Crippen LogP contribution in [0.25, 0.3) is 0 Å². The predicted molar refractivity (Wildman–Crippen MR) is 103 cm³/mol. The number of esters is 2. The number of hydrogen-bond acceptors (Lipinski definition) is 10. The number of nitrogens with one attached hydrogen (secondary N) is 1. The Bertz CT molecular complexity index is 1090. The van der Waals surface area contributed by atoms with E-state index >= 15 is 0 Å². The molecule has 0 amide bonds. The highest BCUT2D eigenvalue weighted by Crippen LogP contribution is 2.36. The van der Waals surface area contributed by atoms with Crippen molar-refractivity contribution in [2.75, 3.05) is 19.8 Å². The lowest BCUT2D eigenvalue weighted by atomic mass is 10.1.